The van der Waals surface area contributed by atoms with Gasteiger partial charge in [0.05, 0.1) is 20.3 Å². The molecular formula is C23H30N2O3. The van der Waals surface area contributed by atoms with Crippen LogP contribution in [0.5, 0.6) is 5.75 Å². The summed E-state index contributed by atoms with van der Waals surface area (Å²) in [4.78, 5) is 15.0. The number of carbonyl (C=O) groups is 1. The summed E-state index contributed by atoms with van der Waals surface area (Å²) < 4.78 is 11.0. The Balaban J connectivity index is 1.76. The van der Waals surface area contributed by atoms with Crippen LogP contribution in [-0.2, 0) is 29.0 Å². The molecule has 3 rings (SSSR count). The van der Waals surface area contributed by atoms with Crippen LogP contribution in [0.15, 0.2) is 48.5 Å². The highest BCUT2D eigenvalue weighted by atomic mass is 16.5. The lowest BCUT2D eigenvalue weighted by Crippen LogP contribution is -2.45. The van der Waals surface area contributed by atoms with E-state index in [0.29, 0.717) is 32.7 Å². The minimum absolute atomic E-state index is 0.0730. The zero-order valence-corrected chi connectivity index (χ0v) is 16.8. The second-order valence-corrected chi connectivity index (χ2v) is 7.16. The third kappa shape index (κ3) is 5.57. The molecule has 0 aromatic heterocycles. The number of nitrogens with one attached hydrogen (secondary N) is 1. The number of hydrogen-bond acceptors (Lipinski definition) is 4. The summed E-state index contributed by atoms with van der Waals surface area (Å²) in [5.74, 6) is 0.925. The summed E-state index contributed by atoms with van der Waals surface area (Å²) >= 11 is 0. The molecule has 0 unspecified atom stereocenters. The summed E-state index contributed by atoms with van der Waals surface area (Å²) in [6.45, 7) is 5.33. The van der Waals surface area contributed by atoms with Crippen molar-refractivity contribution in [3.05, 3.63) is 65.2 Å². The summed E-state index contributed by atoms with van der Waals surface area (Å²) in [5, 5.41) is 3.37. The molecule has 2 aromatic rings. The molecule has 1 atom stereocenters. The third-order valence-corrected chi connectivity index (χ3v) is 5.13. The smallest absolute Gasteiger partial charge is 0.224 e. The van der Waals surface area contributed by atoms with Gasteiger partial charge in [-0.3, -0.25) is 4.79 Å². The van der Waals surface area contributed by atoms with Crippen LogP contribution < -0.4 is 10.1 Å². The maximum Gasteiger partial charge on any atom is 0.224 e. The van der Waals surface area contributed by atoms with E-state index >= 15 is 0 Å². The first kappa shape index (κ1) is 20.4. The predicted octanol–water partition coefficient (Wildman–Crippen LogP) is 3.16. The summed E-state index contributed by atoms with van der Waals surface area (Å²) in [5.41, 5.74) is 3.44. The van der Waals surface area contributed by atoms with E-state index in [0.717, 1.165) is 29.8 Å². The fourth-order valence-corrected chi connectivity index (χ4v) is 3.46. The molecule has 1 aliphatic heterocycles. The molecule has 28 heavy (non-hydrogen) atoms. The Kier molecular flexibility index (Phi) is 7.46. The lowest BCUT2D eigenvalue weighted by Gasteiger charge is -2.28. The standard InChI is InChI=1S/C23H30N2O3/c1-3-18-8-10-19(11-9-18)15-25(16-20-6-4-5-7-22(20)27-2)23(26)14-21-17-28-13-12-24-21/h4-11,21,24H,3,12-17H2,1-2H3/t21-/m1/s1. The van der Waals surface area contributed by atoms with Crippen molar-refractivity contribution < 1.29 is 14.3 Å². The molecule has 0 radical (unpaired) electrons. The molecule has 2 aromatic carbocycles. The average Bonchev–Trinajstić information content (AvgIpc) is 2.75. The SMILES string of the molecule is CCc1ccc(CN(Cc2ccccc2OC)C(=O)C[C@@H]2COCCN2)cc1. The maximum absolute atomic E-state index is 13.1. The fraction of sp³-hybridized carbons (Fsp3) is 0.435. The Bertz CT molecular complexity index is 755. The van der Waals surface area contributed by atoms with Crippen molar-refractivity contribution in [3.8, 4) is 5.75 Å². The largest absolute Gasteiger partial charge is 0.496 e. The highest BCUT2D eigenvalue weighted by Gasteiger charge is 2.22. The summed E-state index contributed by atoms with van der Waals surface area (Å²) in [7, 11) is 1.66. The van der Waals surface area contributed by atoms with Crippen LogP contribution in [0.25, 0.3) is 0 Å². The summed E-state index contributed by atoms with van der Waals surface area (Å²) in [6, 6.07) is 16.5. The number of para-hydroxylation sites is 1. The van der Waals surface area contributed by atoms with Gasteiger partial charge in [0.25, 0.3) is 0 Å². The number of morpholine rings is 1. The van der Waals surface area contributed by atoms with Crippen LogP contribution in [0.4, 0.5) is 0 Å². The van der Waals surface area contributed by atoms with E-state index < -0.39 is 0 Å². The summed E-state index contributed by atoms with van der Waals surface area (Å²) in [6.07, 6.45) is 1.44. The Morgan fingerprint density at radius 1 is 1.14 bits per heavy atom. The fourth-order valence-electron chi connectivity index (χ4n) is 3.46. The quantitative estimate of drug-likeness (QED) is 0.762. The normalized spacial score (nSPS) is 16.6. The molecule has 0 spiro atoms. The second kappa shape index (κ2) is 10.2. The Morgan fingerprint density at radius 2 is 1.89 bits per heavy atom. The minimum Gasteiger partial charge on any atom is -0.496 e. The molecule has 0 saturated carbocycles. The van der Waals surface area contributed by atoms with E-state index in [1.54, 1.807) is 7.11 Å². The molecular weight excluding hydrogens is 352 g/mol. The number of aryl methyl sites for hydroxylation is 1. The zero-order valence-electron chi connectivity index (χ0n) is 16.8. The number of amides is 1. The van der Waals surface area contributed by atoms with Crippen LogP contribution in [-0.4, -0.2) is 43.7 Å². The topological polar surface area (TPSA) is 50.8 Å². The monoisotopic (exact) mass is 382 g/mol. The van der Waals surface area contributed by atoms with Gasteiger partial charge < -0.3 is 19.7 Å². The van der Waals surface area contributed by atoms with E-state index in [1.807, 2.05) is 29.2 Å². The molecule has 1 aliphatic rings. The number of carbonyl (C=O) groups excluding carboxylic acids is 1. The molecule has 5 heteroatoms. The van der Waals surface area contributed by atoms with E-state index in [9.17, 15) is 4.79 Å². The van der Waals surface area contributed by atoms with Crippen LogP contribution >= 0.6 is 0 Å². The molecule has 1 amide bonds. The van der Waals surface area contributed by atoms with Gasteiger partial charge in [0.1, 0.15) is 5.75 Å². The van der Waals surface area contributed by atoms with Crippen molar-refractivity contribution in [2.45, 2.75) is 38.9 Å². The van der Waals surface area contributed by atoms with Crippen molar-refractivity contribution in [1.82, 2.24) is 10.2 Å². The first-order valence-electron chi connectivity index (χ1n) is 9.98. The Morgan fingerprint density at radius 3 is 2.57 bits per heavy atom. The van der Waals surface area contributed by atoms with Crippen molar-refractivity contribution in [2.75, 3.05) is 26.9 Å². The lowest BCUT2D eigenvalue weighted by molar-refractivity contribution is -0.133. The maximum atomic E-state index is 13.1. The number of rotatable bonds is 8. The Hall–Kier alpha value is -2.37. The molecule has 1 heterocycles. The van der Waals surface area contributed by atoms with Crippen LogP contribution in [0.3, 0.4) is 0 Å². The van der Waals surface area contributed by atoms with Gasteiger partial charge in [0.2, 0.25) is 5.91 Å². The molecule has 0 bridgehead atoms. The van der Waals surface area contributed by atoms with E-state index in [1.165, 1.54) is 5.56 Å². The van der Waals surface area contributed by atoms with Gasteiger partial charge in [-0.05, 0) is 23.6 Å². The molecule has 0 aliphatic carbocycles. The number of ether oxygens (including phenoxy) is 2. The highest BCUT2D eigenvalue weighted by Crippen LogP contribution is 2.21. The van der Waals surface area contributed by atoms with Crippen LogP contribution in [0.2, 0.25) is 0 Å². The average molecular weight is 383 g/mol. The van der Waals surface area contributed by atoms with Gasteiger partial charge >= 0.3 is 0 Å². The molecule has 1 N–H and O–H groups in total. The van der Waals surface area contributed by atoms with Gasteiger partial charge in [0, 0.05) is 37.7 Å². The number of benzene rings is 2. The van der Waals surface area contributed by atoms with Gasteiger partial charge in [-0.15, -0.1) is 0 Å². The molecule has 5 nitrogen and oxygen atoms in total. The number of hydrogen-bond donors (Lipinski definition) is 1. The third-order valence-electron chi connectivity index (χ3n) is 5.13. The predicted molar refractivity (Wildman–Crippen MR) is 110 cm³/mol. The van der Waals surface area contributed by atoms with Crippen molar-refractivity contribution in [1.29, 1.82) is 0 Å². The second-order valence-electron chi connectivity index (χ2n) is 7.16. The molecule has 150 valence electrons. The highest BCUT2D eigenvalue weighted by molar-refractivity contribution is 5.77. The van der Waals surface area contributed by atoms with Crippen molar-refractivity contribution in [3.63, 3.8) is 0 Å². The van der Waals surface area contributed by atoms with E-state index in [4.69, 9.17) is 9.47 Å². The molecule has 1 saturated heterocycles. The van der Waals surface area contributed by atoms with Crippen molar-refractivity contribution >= 4 is 5.91 Å². The van der Waals surface area contributed by atoms with Gasteiger partial charge in [-0.2, -0.15) is 0 Å². The van der Waals surface area contributed by atoms with Gasteiger partial charge in [-0.1, -0.05) is 49.4 Å². The van der Waals surface area contributed by atoms with E-state index in [2.05, 4.69) is 36.5 Å². The van der Waals surface area contributed by atoms with Gasteiger partial charge in [-0.25, -0.2) is 0 Å². The first-order chi connectivity index (χ1) is 13.7. The first-order valence-corrected chi connectivity index (χ1v) is 9.98. The number of nitrogens with zero attached hydrogens (tertiary/aromatic N) is 1. The Labute approximate surface area is 167 Å². The van der Waals surface area contributed by atoms with Crippen LogP contribution in [0.1, 0.15) is 30.0 Å². The zero-order chi connectivity index (χ0) is 19.8. The van der Waals surface area contributed by atoms with Crippen molar-refractivity contribution in [2.24, 2.45) is 0 Å². The number of methoxy groups -OCH3 is 1. The molecule has 1 fully saturated rings. The van der Waals surface area contributed by atoms with Crippen LogP contribution in [0, 0.1) is 0 Å². The van der Waals surface area contributed by atoms with Gasteiger partial charge in [0.15, 0.2) is 0 Å². The minimum atomic E-state index is 0.0730. The lowest BCUT2D eigenvalue weighted by atomic mass is 10.1. The van der Waals surface area contributed by atoms with E-state index in [-0.39, 0.29) is 11.9 Å².